The lowest BCUT2D eigenvalue weighted by molar-refractivity contribution is -0.678. The Morgan fingerprint density at radius 2 is 1.77 bits per heavy atom. The van der Waals surface area contributed by atoms with Crippen LogP contribution in [0.5, 0.6) is 0 Å². The Morgan fingerprint density at radius 3 is 2.23 bits per heavy atom. The minimum atomic E-state index is -3.79. The monoisotopic (exact) mass is 229 g/mol. The number of rotatable bonds is 3. The SMILES string of the molecule is O=P(O)(O)C[NH2+]C1CCCCC1.[Cl-]. The zero-order valence-electron chi connectivity index (χ0n) is 7.53. The van der Waals surface area contributed by atoms with E-state index in [0.29, 0.717) is 6.04 Å². The first-order valence-electron chi connectivity index (χ1n) is 4.46. The summed E-state index contributed by atoms with van der Waals surface area (Å²) in [7, 11) is -3.79. The fourth-order valence-corrected chi connectivity index (χ4v) is 2.23. The molecule has 1 aliphatic rings. The van der Waals surface area contributed by atoms with Gasteiger partial charge in [-0.25, -0.2) is 0 Å². The molecule has 1 aliphatic carbocycles. The Kier molecular flexibility index (Phi) is 6.18. The molecule has 1 fully saturated rings. The average molecular weight is 230 g/mol. The molecule has 0 unspecified atom stereocenters. The van der Waals surface area contributed by atoms with Crippen molar-refractivity contribution in [2.75, 3.05) is 6.29 Å². The van der Waals surface area contributed by atoms with Gasteiger partial charge in [-0.2, -0.15) is 0 Å². The quantitative estimate of drug-likeness (QED) is 0.453. The molecule has 80 valence electrons. The van der Waals surface area contributed by atoms with Crippen molar-refractivity contribution in [2.24, 2.45) is 0 Å². The topological polar surface area (TPSA) is 74.1 Å². The maximum absolute atomic E-state index is 10.5. The number of quaternary nitrogens is 1. The molecule has 4 nitrogen and oxygen atoms in total. The minimum absolute atomic E-state index is 0. The summed E-state index contributed by atoms with van der Waals surface area (Å²) in [5.41, 5.74) is 0. The summed E-state index contributed by atoms with van der Waals surface area (Å²) in [5.74, 6) is 0. The normalized spacial score (nSPS) is 19.5. The van der Waals surface area contributed by atoms with E-state index >= 15 is 0 Å². The lowest BCUT2D eigenvalue weighted by atomic mass is 9.96. The highest BCUT2D eigenvalue weighted by Crippen LogP contribution is 2.30. The Labute approximate surface area is 84.7 Å². The van der Waals surface area contributed by atoms with Crippen LogP contribution in [0.4, 0.5) is 0 Å². The molecule has 0 spiro atoms. The van der Waals surface area contributed by atoms with Gasteiger partial charge >= 0.3 is 7.60 Å². The van der Waals surface area contributed by atoms with E-state index in [2.05, 4.69) is 0 Å². The Hall–Kier alpha value is 0.400. The predicted octanol–water partition coefficient (Wildman–Crippen LogP) is -2.98. The van der Waals surface area contributed by atoms with Crippen LogP contribution in [0.25, 0.3) is 0 Å². The van der Waals surface area contributed by atoms with Gasteiger partial charge in [0.1, 0.15) is 0 Å². The van der Waals surface area contributed by atoms with Crippen molar-refractivity contribution >= 4 is 7.60 Å². The zero-order chi connectivity index (χ0) is 9.03. The van der Waals surface area contributed by atoms with Gasteiger partial charge in [-0.1, -0.05) is 6.42 Å². The van der Waals surface area contributed by atoms with Gasteiger partial charge in [-0.15, -0.1) is 0 Å². The molecule has 13 heavy (non-hydrogen) atoms. The van der Waals surface area contributed by atoms with E-state index in [1.165, 1.54) is 19.3 Å². The predicted molar refractivity (Wildman–Crippen MR) is 45.7 cm³/mol. The fourth-order valence-electron chi connectivity index (χ4n) is 1.66. The van der Waals surface area contributed by atoms with Crippen molar-refractivity contribution in [1.29, 1.82) is 0 Å². The van der Waals surface area contributed by atoms with Crippen LogP contribution in [0, 0.1) is 0 Å². The molecule has 0 saturated heterocycles. The van der Waals surface area contributed by atoms with E-state index in [-0.39, 0.29) is 18.7 Å². The maximum atomic E-state index is 10.5. The number of hydrogen-bond donors (Lipinski definition) is 3. The molecule has 0 aromatic rings. The summed E-state index contributed by atoms with van der Waals surface area (Å²) < 4.78 is 10.5. The zero-order valence-corrected chi connectivity index (χ0v) is 9.18. The summed E-state index contributed by atoms with van der Waals surface area (Å²) in [4.78, 5) is 17.3. The molecule has 1 rings (SSSR count). The van der Waals surface area contributed by atoms with Crippen LogP contribution in [-0.4, -0.2) is 22.1 Å². The minimum Gasteiger partial charge on any atom is -1.00 e. The molecule has 0 heterocycles. The van der Waals surface area contributed by atoms with Gasteiger partial charge < -0.3 is 27.5 Å². The first-order valence-corrected chi connectivity index (χ1v) is 6.25. The summed E-state index contributed by atoms with van der Waals surface area (Å²) in [6.45, 7) is 0. The van der Waals surface area contributed by atoms with Crippen molar-refractivity contribution < 1.29 is 32.1 Å². The van der Waals surface area contributed by atoms with Gasteiger partial charge in [0.25, 0.3) is 0 Å². The van der Waals surface area contributed by atoms with Crippen LogP contribution < -0.4 is 17.7 Å². The van der Waals surface area contributed by atoms with E-state index in [9.17, 15) is 4.57 Å². The van der Waals surface area contributed by atoms with Crippen molar-refractivity contribution in [3.05, 3.63) is 0 Å². The maximum Gasteiger partial charge on any atom is 0.379 e. The smallest absolute Gasteiger partial charge is 0.379 e. The second kappa shape index (κ2) is 5.99. The molecule has 6 heteroatoms. The highest BCUT2D eigenvalue weighted by Gasteiger charge is 2.21. The van der Waals surface area contributed by atoms with E-state index in [0.717, 1.165) is 12.8 Å². The molecule has 0 aliphatic heterocycles. The summed E-state index contributed by atoms with van der Waals surface area (Å²) in [6.07, 6.45) is 5.88. The molecule has 4 N–H and O–H groups in total. The van der Waals surface area contributed by atoms with Crippen LogP contribution in [-0.2, 0) is 4.57 Å². The van der Waals surface area contributed by atoms with Crippen LogP contribution in [0.15, 0.2) is 0 Å². The molecule has 0 aromatic heterocycles. The molecule has 0 amide bonds. The van der Waals surface area contributed by atoms with Crippen molar-refractivity contribution in [3.63, 3.8) is 0 Å². The van der Waals surface area contributed by atoms with Crippen LogP contribution in [0.1, 0.15) is 32.1 Å². The van der Waals surface area contributed by atoms with E-state index < -0.39 is 7.60 Å². The van der Waals surface area contributed by atoms with Gasteiger partial charge in [0.2, 0.25) is 0 Å². The average Bonchev–Trinajstić information content (AvgIpc) is 2.02. The standard InChI is InChI=1S/C7H16NO3P.ClH/c9-12(10,11)6-8-7-4-2-1-3-5-7;/h7-8H,1-6H2,(H2,9,10,11);1H. The third kappa shape index (κ3) is 6.47. The highest BCUT2D eigenvalue weighted by atomic mass is 35.5. The molecule has 0 bridgehead atoms. The molecule has 0 radical (unpaired) electrons. The Morgan fingerprint density at radius 1 is 1.23 bits per heavy atom. The molecule has 0 aromatic carbocycles. The fraction of sp³-hybridized carbons (Fsp3) is 1.00. The van der Waals surface area contributed by atoms with Gasteiger partial charge in [0, 0.05) is 0 Å². The third-order valence-corrected chi connectivity index (χ3v) is 3.01. The van der Waals surface area contributed by atoms with Crippen molar-refractivity contribution in [2.45, 2.75) is 38.1 Å². The number of nitrogens with two attached hydrogens (primary N) is 1. The van der Waals surface area contributed by atoms with Gasteiger partial charge in [-0.05, 0) is 25.7 Å². The summed E-state index contributed by atoms with van der Waals surface area (Å²) >= 11 is 0. The lowest BCUT2D eigenvalue weighted by Gasteiger charge is -2.19. The molecular weight excluding hydrogens is 213 g/mol. The third-order valence-electron chi connectivity index (χ3n) is 2.33. The van der Waals surface area contributed by atoms with Crippen LogP contribution in [0.2, 0.25) is 0 Å². The Bertz CT molecular complexity index is 179. The van der Waals surface area contributed by atoms with Gasteiger partial charge in [0.15, 0.2) is 6.29 Å². The molecule has 0 atom stereocenters. The van der Waals surface area contributed by atoms with E-state index in [1.807, 2.05) is 0 Å². The lowest BCUT2D eigenvalue weighted by Crippen LogP contribution is -3.00. The highest BCUT2D eigenvalue weighted by molar-refractivity contribution is 7.51. The van der Waals surface area contributed by atoms with Gasteiger partial charge in [0.05, 0.1) is 6.04 Å². The number of hydrogen-bond acceptors (Lipinski definition) is 1. The second-order valence-electron chi connectivity index (χ2n) is 3.48. The van der Waals surface area contributed by atoms with Crippen molar-refractivity contribution in [1.82, 2.24) is 0 Å². The van der Waals surface area contributed by atoms with E-state index in [1.54, 1.807) is 5.32 Å². The summed E-state index contributed by atoms with van der Waals surface area (Å²) in [5, 5.41) is 1.81. The molecule has 1 saturated carbocycles. The summed E-state index contributed by atoms with van der Waals surface area (Å²) in [6, 6.07) is 0.450. The van der Waals surface area contributed by atoms with E-state index in [4.69, 9.17) is 9.79 Å². The van der Waals surface area contributed by atoms with Crippen LogP contribution in [0.3, 0.4) is 0 Å². The first-order chi connectivity index (χ1) is 5.58. The number of halogens is 1. The second-order valence-corrected chi connectivity index (χ2v) is 5.18. The first kappa shape index (κ1) is 13.4. The Balaban J connectivity index is 0.00000144. The van der Waals surface area contributed by atoms with Crippen molar-refractivity contribution in [3.8, 4) is 0 Å². The largest absolute Gasteiger partial charge is 1.00 e. The molecular formula is C7H17ClNO3P. The van der Waals surface area contributed by atoms with Crippen LogP contribution >= 0.6 is 7.60 Å². The van der Waals surface area contributed by atoms with Gasteiger partial charge in [-0.3, -0.25) is 4.57 Å².